The van der Waals surface area contributed by atoms with Crippen LogP contribution in [0.2, 0.25) is 0 Å². The van der Waals surface area contributed by atoms with Gasteiger partial charge < -0.3 is 29.6 Å². The van der Waals surface area contributed by atoms with Crippen molar-refractivity contribution in [1.82, 2.24) is 9.88 Å². The van der Waals surface area contributed by atoms with Gasteiger partial charge in [-0.3, -0.25) is 19.0 Å². The number of fused-ring (bicyclic) bond motifs is 1. The van der Waals surface area contributed by atoms with Crippen molar-refractivity contribution < 1.29 is 37.0 Å². The van der Waals surface area contributed by atoms with Crippen molar-refractivity contribution in [2.24, 2.45) is 0 Å². The van der Waals surface area contributed by atoms with Crippen molar-refractivity contribution in [1.29, 1.82) is 0 Å². The molecule has 1 aliphatic heterocycles. The molecule has 278 valence electrons. The van der Waals surface area contributed by atoms with Crippen molar-refractivity contribution in [2.75, 3.05) is 81.5 Å². The van der Waals surface area contributed by atoms with E-state index in [9.17, 15) is 18.0 Å². The number of rotatable bonds is 13. The highest BCUT2D eigenvalue weighted by molar-refractivity contribution is 7.92. The summed E-state index contributed by atoms with van der Waals surface area (Å²) in [6.07, 6.45) is 2.87. The van der Waals surface area contributed by atoms with Crippen molar-refractivity contribution in [3.8, 4) is 16.9 Å². The lowest BCUT2D eigenvalue weighted by Gasteiger charge is -2.28. The second-order valence-electron chi connectivity index (χ2n) is 13.5. The number of morpholine rings is 1. The van der Waals surface area contributed by atoms with Gasteiger partial charge in [0.05, 0.1) is 55.9 Å². The summed E-state index contributed by atoms with van der Waals surface area (Å²) in [4.78, 5) is 33.4. The summed E-state index contributed by atoms with van der Waals surface area (Å²) in [6, 6.07) is 18.5. The molecule has 0 unspecified atom stereocenters. The summed E-state index contributed by atoms with van der Waals surface area (Å²) in [5, 5.41) is 7.57. The minimum Gasteiger partial charge on any atom is -0.492 e. The lowest BCUT2D eigenvalue weighted by Crippen LogP contribution is -2.36. The van der Waals surface area contributed by atoms with Crippen LogP contribution in [-0.4, -0.2) is 96.8 Å². The van der Waals surface area contributed by atoms with Gasteiger partial charge in [0, 0.05) is 43.9 Å². The molecule has 2 heterocycles. The van der Waals surface area contributed by atoms with Crippen LogP contribution < -0.4 is 19.7 Å². The van der Waals surface area contributed by atoms with Crippen molar-refractivity contribution in [2.45, 2.75) is 32.7 Å². The number of benzene rings is 3. The molecule has 1 saturated heterocycles. The number of hydrogen-bond acceptors (Lipinski definition) is 10. The van der Waals surface area contributed by atoms with Crippen LogP contribution in [0.25, 0.3) is 21.9 Å². The molecule has 1 fully saturated rings. The first-order chi connectivity index (χ1) is 24.8. The summed E-state index contributed by atoms with van der Waals surface area (Å²) < 4.78 is 48.3. The van der Waals surface area contributed by atoms with E-state index >= 15 is 0 Å². The van der Waals surface area contributed by atoms with E-state index in [1.165, 1.54) is 14.2 Å². The minimum atomic E-state index is -4.01. The number of methoxy groups -OCH3 is 2. The first-order valence-electron chi connectivity index (χ1n) is 17.0. The molecule has 0 spiro atoms. The van der Waals surface area contributed by atoms with E-state index in [-0.39, 0.29) is 30.3 Å². The standard InChI is InChI=1S/C38H47N5O8S/c1-38(2,3)27-21-33(36(49-5)34(22-27)43(52(6,46)47)25-35(44)51-20-19-48-4)41-37(45)40-32-14-13-29(30-9-7-8-10-31(30)32)26-11-12-28(39-23-26)24-42-15-17-50-18-16-42/h7-14,21-23H,15-20,24-25H2,1-6H3,(H2,40,41,45). The number of aromatic nitrogens is 1. The first kappa shape index (κ1) is 38.5. The Labute approximate surface area is 305 Å². The molecule has 0 atom stereocenters. The highest BCUT2D eigenvalue weighted by atomic mass is 32.2. The van der Waals surface area contributed by atoms with Gasteiger partial charge in [-0.25, -0.2) is 13.2 Å². The van der Waals surface area contributed by atoms with Gasteiger partial charge in [0.1, 0.15) is 13.2 Å². The Morgan fingerprint density at radius 3 is 2.29 bits per heavy atom. The Morgan fingerprint density at radius 2 is 1.65 bits per heavy atom. The Hall–Kier alpha value is -4.76. The van der Waals surface area contributed by atoms with Crippen LogP contribution in [0.15, 0.2) is 66.9 Å². The average molecular weight is 734 g/mol. The van der Waals surface area contributed by atoms with E-state index in [2.05, 4.69) is 21.6 Å². The summed E-state index contributed by atoms with van der Waals surface area (Å²) >= 11 is 0. The summed E-state index contributed by atoms with van der Waals surface area (Å²) in [6.45, 7) is 9.37. The second kappa shape index (κ2) is 16.7. The number of carbonyl (C=O) groups excluding carboxylic acids is 2. The number of nitrogens with zero attached hydrogens (tertiary/aromatic N) is 3. The number of esters is 1. The Morgan fingerprint density at radius 1 is 0.942 bits per heavy atom. The largest absolute Gasteiger partial charge is 0.492 e. The van der Waals surface area contributed by atoms with Gasteiger partial charge in [-0.2, -0.15) is 0 Å². The highest BCUT2D eigenvalue weighted by Gasteiger charge is 2.29. The number of amides is 2. The smallest absolute Gasteiger partial charge is 0.326 e. The molecular weight excluding hydrogens is 687 g/mol. The molecule has 13 nitrogen and oxygen atoms in total. The lowest BCUT2D eigenvalue weighted by atomic mass is 9.86. The number of carbonyl (C=O) groups is 2. The fourth-order valence-corrected chi connectivity index (χ4v) is 6.76. The third kappa shape index (κ3) is 9.56. The van der Waals surface area contributed by atoms with Gasteiger partial charge >= 0.3 is 12.0 Å². The van der Waals surface area contributed by atoms with E-state index in [4.69, 9.17) is 23.9 Å². The number of pyridine rings is 1. The normalized spacial score (nSPS) is 13.8. The molecule has 0 radical (unpaired) electrons. The minimum absolute atomic E-state index is 0.0345. The van der Waals surface area contributed by atoms with Crippen LogP contribution in [0.5, 0.6) is 5.75 Å². The van der Waals surface area contributed by atoms with Gasteiger partial charge in [0.2, 0.25) is 10.0 Å². The number of sulfonamides is 1. The van der Waals surface area contributed by atoms with Crippen molar-refractivity contribution in [3.05, 3.63) is 78.1 Å². The molecule has 52 heavy (non-hydrogen) atoms. The average Bonchev–Trinajstić information content (AvgIpc) is 3.10. The summed E-state index contributed by atoms with van der Waals surface area (Å²) in [5.41, 5.74) is 3.99. The maximum Gasteiger partial charge on any atom is 0.326 e. The van der Waals surface area contributed by atoms with Gasteiger partial charge in [0.15, 0.2) is 5.75 Å². The number of urea groups is 1. The van der Waals surface area contributed by atoms with E-state index in [0.717, 1.165) is 71.0 Å². The van der Waals surface area contributed by atoms with E-state index < -0.39 is 34.0 Å². The van der Waals surface area contributed by atoms with Crippen LogP contribution in [-0.2, 0) is 41.0 Å². The fourth-order valence-electron chi connectivity index (χ4n) is 5.92. The monoisotopic (exact) mass is 733 g/mol. The molecule has 1 aliphatic rings. The maximum atomic E-state index is 13.7. The van der Waals surface area contributed by atoms with Crippen molar-refractivity contribution >= 4 is 49.9 Å². The Bertz CT molecular complexity index is 1990. The lowest BCUT2D eigenvalue weighted by molar-refractivity contribution is -0.143. The van der Waals surface area contributed by atoms with E-state index in [1.807, 2.05) is 69.4 Å². The molecule has 0 aliphatic carbocycles. The molecule has 5 rings (SSSR count). The van der Waals surface area contributed by atoms with Crippen LogP contribution in [0.4, 0.5) is 21.9 Å². The predicted octanol–water partition coefficient (Wildman–Crippen LogP) is 5.64. The molecular formula is C38H47N5O8S. The van der Waals surface area contributed by atoms with Gasteiger partial charge in [0.25, 0.3) is 0 Å². The van der Waals surface area contributed by atoms with E-state index in [1.54, 1.807) is 12.1 Å². The Balaban J connectivity index is 1.43. The third-order valence-corrected chi connectivity index (χ3v) is 9.80. The van der Waals surface area contributed by atoms with Crippen LogP contribution in [0, 0.1) is 0 Å². The zero-order valence-corrected chi connectivity index (χ0v) is 31.3. The van der Waals surface area contributed by atoms with E-state index in [0.29, 0.717) is 11.3 Å². The fraction of sp³-hybridized carbons (Fsp3) is 0.395. The first-order valence-corrected chi connectivity index (χ1v) is 18.8. The molecule has 4 aromatic rings. The van der Waals surface area contributed by atoms with Gasteiger partial charge in [-0.1, -0.05) is 57.2 Å². The number of hydrogen-bond donors (Lipinski definition) is 2. The van der Waals surface area contributed by atoms with Crippen LogP contribution in [0.1, 0.15) is 32.0 Å². The molecule has 0 bridgehead atoms. The molecule has 2 N–H and O–H groups in total. The molecule has 1 aromatic heterocycles. The van der Waals surface area contributed by atoms with Crippen molar-refractivity contribution in [3.63, 3.8) is 0 Å². The second-order valence-corrected chi connectivity index (χ2v) is 15.4. The summed E-state index contributed by atoms with van der Waals surface area (Å²) in [7, 11) is -1.18. The molecule has 2 amide bonds. The Kier molecular flexibility index (Phi) is 12.4. The van der Waals surface area contributed by atoms with Crippen LogP contribution >= 0.6 is 0 Å². The highest BCUT2D eigenvalue weighted by Crippen LogP contribution is 2.42. The van der Waals surface area contributed by atoms with Gasteiger partial charge in [-0.05, 0) is 46.2 Å². The molecule has 0 saturated carbocycles. The molecule has 3 aromatic carbocycles. The number of anilines is 3. The number of nitrogens with one attached hydrogen (secondary N) is 2. The SMILES string of the molecule is COCCOC(=O)CN(c1cc(C(C)(C)C)cc(NC(=O)Nc2ccc(-c3ccc(CN4CCOCC4)nc3)c3ccccc23)c1OC)S(C)(=O)=O. The van der Waals surface area contributed by atoms with Crippen LogP contribution in [0.3, 0.4) is 0 Å². The zero-order valence-electron chi connectivity index (χ0n) is 30.5. The van der Waals surface area contributed by atoms with Gasteiger partial charge in [-0.15, -0.1) is 0 Å². The zero-order chi connectivity index (χ0) is 37.5. The predicted molar refractivity (Wildman–Crippen MR) is 203 cm³/mol. The maximum absolute atomic E-state index is 13.7. The third-order valence-electron chi connectivity index (χ3n) is 8.68. The summed E-state index contributed by atoms with van der Waals surface area (Å²) in [5.74, 6) is -0.712. The quantitative estimate of drug-likeness (QED) is 0.131. The topological polar surface area (TPSA) is 149 Å². The molecule has 14 heteroatoms. The number of ether oxygens (including phenoxy) is 4.